The normalized spacial score (nSPS) is 16.4. The number of benzene rings is 1. The fourth-order valence-electron chi connectivity index (χ4n) is 3.55. The van der Waals surface area contributed by atoms with E-state index in [-0.39, 0.29) is 23.4 Å². The molecule has 1 atom stereocenters. The summed E-state index contributed by atoms with van der Waals surface area (Å²) >= 11 is 0. The summed E-state index contributed by atoms with van der Waals surface area (Å²) in [7, 11) is 0. The molecule has 1 aliphatic rings. The Bertz CT molecular complexity index is 1220. The van der Waals surface area contributed by atoms with Gasteiger partial charge in [0.15, 0.2) is 5.75 Å². The van der Waals surface area contributed by atoms with Crippen molar-refractivity contribution in [2.24, 2.45) is 0 Å². The molecule has 146 valence electrons. The Kier molecular flexibility index (Phi) is 4.19. The highest BCUT2D eigenvalue weighted by Crippen LogP contribution is 2.28. The van der Waals surface area contributed by atoms with Crippen LogP contribution in [0, 0.1) is 5.82 Å². The number of fused-ring (bicyclic) bond motifs is 1. The summed E-state index contributed by atoms with van der Waals surface area (Å²) in [6, 6.07) is 8.37. The Balaban J connectivity index is 1.31. The summed E-state index contributed by atoms with van der Waals surface area (Å²) in [5.41, 5.74) is 1.17. The zero-order valence-electron chi connectivity index (χ0n) is 15.3. The van der Waals surface area contributed by atoms with E-state index in [2.05, 4.69) is 25.0 Å². The first-order valence-electron chi connectivity index (χ1n) is 9.22. The van der Waals surface area contributed by atoms with Crippen LogP contribution in [0.15, 0.2) is 59.9 Å². The zero-order valence-corrected chi connectivity index (χ0v) is 15.3. The second-order valence-corrected chi connectivity index (χ2v) is 6.89. The van der Waals surface area contributed by atoms with Gasteiger partial charge in [-0.15, -0.1) is 0 Å². The van der Waals surface area contributed by atoms with E-state index in [0.29, 0.717) is 16.7 Å². The van der Waals surface area contributed by atoms with Gasteiger partial charge in [-0.1, -0.05) is 0 Å². The number of H-pyrrole nitrogens is 1. The van der Waals surface area contributed by atoms with E-state index in [4.69, 9.17) is 4.74 Å². The number of halogens is 1. The average molecular weight is 392 g/mol. The second-order valence-electron chi connectivity index (χ2n) is 6.89. The van der Waals surface area contributed by atoms with E-state index in [1.807, 2.05) is 4.68 Å². The third kappa shape index (κ3) is 3.42. The highest BCUT2D eigenvalue weighted by Gasteiger charge is 2.25. The van der Waals surface area contributed by atoms with E-state index in [1.54, 1.807) is 36.8 Å². The van der Waals surface area contributed by atoms with Crippen molar-refractivity contribution in [3.8, 4) is 11.8 Å². The lowest BCUT2D eigenvalue weighted by Crippen LogP contribution is -2.20. The van der Waals surface area contributed by atoms with Crippen LogP contribution in [0.4, 0.5) is 10.1 Å². The van der Waals surface area contributed by atoms with E-state index in [0.717, 1.165) is 25.2 Å². The highest BCUT2D eigenvalue weighted by atomic mass is 19.1. The lowest BCUT2D eigenvalue weighted by Gasteiger charge is -2.18. The number of nitrogens with zero attached hydrogens (tertiary/aromatic N) is 5. The predicted octanol–water partition coefficient (Wildman–Crippen LogP) is 2.90. The molecule has 9 heteroatoms. The standard InChI is InChI=1S/C20H17FN6O2/c21-13-1-3-14(4-2-13)26-8-6-15(11-26)27-12-16(9-23-27)29-20-24-18-10-22-7-5-17(18)19(28)25-20/h1-5,7,9-10,12,15H,6,8,11H2,(H,24,25,28)/t15-/m0/s1. The molecule has 5 rings (SSSR count). The first kappa shape index (κ1) is 17.4. The SMILES string of the molecule is O=c1[nH]c(Oc2cnn([C@H]3CCN(c4ccc(F)cc4)C3)c2)nc2cnccc12. The van der Waals surface area contributed by atoms with Crippen molar-refractivity contribution in [3.05, 3.63) is 71.3 Å². The van der Waals surface area contributed by atoms with Gasteiger partial charge in [0.1, 0.15) is 5.82 Å². The van der Waals surface area contributed by atoms with E-state index < -0.39 is 0 Å². The number of nitrogens with one attached hydrogen (secondary N) is 1. The van der Waals surface area contributed by atoms with Crippen molar-refractivity contribution in [2.75, 3.05) is 18.0 Å². The quantitative estimate of drug-likeness (QED) is 0.575. The third-order valence-electron chi connectivity index (χ3n) is 5.01. The molecule has 29 heavy (non-hydrogen) atoms. The van der Waals surface area contributed by atoms with Crippen LogP contribution in [0.3, 0.4) is 0 Å². The summed E-state index contributed by atoms with van der Waals surface area (Å²) in [4.78, 5) is 25.2. The molecule has 1 fully saturated rings. The van der Waals surface area contributed by atoms with E-state index >= 15 is 0 Å². The Hall–Kier alpha value is -3.75. The van der Waals surface area contributed by atoms with Gasteiger partial charge in [0, 0.05) is 25.0 Å². The molecule has 1 aliphatic heterocycles. The summed E-state index contributed by atoms with van der Waals surface area (Å²) in [5, 5.41) is 4.85. The molecule has 8 nitrogen and oxygen atoms in total. The Morgan fingerprint density at radius 3 is 2.90 bits per heavy atom. The highest BCUT2D eigenvalue weighted by molar-refractivity contribution is 5.76. The molecular formula is C20H17FN6O2. The number of hydrogen-bond acceptors (Lipinski definition) is 6. The largest absolute Gasteiger partial charge is 0.422 e. The number of hydrogen-bond donors (Lipinski definition) is 1. The summed E-state index contributed by atoms with van der Waals surface area (Å²) in [6.07, 6.45) is 7.35. The lowest BCUT2D eigenvalue weighted by atomic mass is 10.3. The van der Waals surface area contributed by atoms with Gasteiger partial charge in [-0.2, -0.15) is 10.1 Å². The first-order chi connectivity index (χ1) is 14.2. The van der Waals surface area contributed by atoms with Gasteiger partial charge in [0.05, 0.1) is 35.5 Å². The minimum Gasteiger partial charge on any atom is -0.422 e. The molecule has 0 radical (unpaired) electrons. The van der Waals surface area contributed by atoms with Gasteiger partial charge in [0.25, 0.3) is 5.56 Å². The molecule has 0 aliphatic carbocycles. The molecule has 0 unspecified atom stereocenters. The van der Waals surface area contributed by atoms with Crippen LogP contribution in [-0.2, 0) is 0 Å². The zero-order chi connectivity index (χ0) is 19.8. The van der Waals surface area contributed by atoms with Gasteiger partial charge in [0.2, 0.25) is 0 Å². The number of aromatic amines is 1. The monoisotopic (exact) mass is 392 g/mol. The molecular weight excluding hydrogens is 375 g/mol. The van der Waals surface area contributed by atoms with E-state index in [9.17, 15) is 9.18 Å². The molecule has 4 heterocycles. The maximum Gasteiger partial charge on any atom is 0.302 e. The average Bonchev–Trinajstić information content (AvgIpc) is 3.38. The summed E-state index contributed by atoms with van der Waals surface area (Å²) in [6.45, 7) is 1.63. The van der Waals surface area contributed by atoms with Crippen LogP contribution in [-0.4, -0.2) is 37.8 Å². The van der Waals surface area contributed by atoms with Crippen molar-refractivity contribution in [2.45, 2.75) is 12.5 Å². The van der Waals surface area contributed by atoms with Crippen molar-refractivity contribution < 1.29 is 9.13 Å². The van der Waals surface area contributed by atoms with Crippen molar-refractivity contribution in [1.82, 2.24) is 24.7 Å². The number of anilines is 1. The van der Waals surface area contributed by atoms with Crippen molar-refractivity contribution in [3.63, 3.8) is 0 Å². The van der Waals surface area contributed by atoms with Crippen molar-refractivity contribution >= 4 is 16.6 Å². The maximum absolute atomic E-state index is 13.1. The molecule has 1 aromatic carbocycles. The minimum atomic E-state index is -0.287. The fraction of sp³-hybridized carbons (Fsp3) is 0.200. The van der Waals surface area contributed by atoms with Crippen LogP contribution >= 0.6 is 0 Å². The minimum absolute atomic E-state index is 0.0920. The number of aromatic nitrogens is 5. The fourth-order valence-corrected chi connectivity index (χ4v) is 3.55. The Labute approximate surface area is 164 Å². The number of rotatable bonds is 4. The third-order valence-corrected chi connectivity index (χ3v) is 5.01. The van der Waals surface area contributed by atoms with Crippen LogP contribution in [0.1, 0.15) is 12.5 Å². The smallest absolute Gasteiger partial charge is 0.302 e. The van der Waals surface area contributed by atoms with Crippen LogP contribution < -0.4 is 15.2 Å². The Morgan fingerprint density at radius 1 is 1.17 bits per heavy atom. The molecule has 0 amide bonds. The van der Waals surface area contributed by atoms with Crippen LogP contribution in [0.25, 0.3) is 10.9 Å². The van der Waals surface area contributed by atoms with Crippen molar-refractivity contribution in [1.29, 1.82) is 0 Å². The van der Waals surface area contributed by atoms with Crippen LogP contribution in [0.5, 0.6) is 11.8 Å². The van der Waals surface area contributed by atoms with E-state index in [1.165, 1.54) is 18.3 Å². The molecule has 1 N–H and O–H groups in total. The Morgan fingerprint density at radius 2 is 2.03 bits per heavy atom. The van der Waals surface area contributed by atoms with Gasteiger partial charge in [-0.25, -0.2) is 4.39 Å². The van der Waals surface area contributed by atoms with Gasteiger partial charge >= 0.3 is 6.01 Å². The van der Waals surface area contributed by atoms with Gasteiger partial charge in [-0.05, 0) is 36.8 Å². The second kappa shape index (κ2) is 7.01. The molecule has 0 spiro atoms. The molecule has 0 saturated carbocycles. The first-order valence-corrected chi connectivity index (χ1v) is 9.22. The summed E-state index contributed by atoms with van der Waals surface area (Å²) in [5.74, 6) is 0.242. The van der Waals surface area contributed by atoms with Gasteiger partial charge < -0.3 is 9.64 Å². The molecule has 0 bridgehead atoms. The topological polar surface area (TPSA) is 88.9 Å². The molecule has 1 saturated heterocycles. The van der Waals surface area contributed by atoms with Gasteiger partial charge in [-0.3, -0.25) is 19.4 Å². The molecule has 4 aromatic rings. The summed E-state index contributed by atoms with van der Waals surface area (Å²) < 4.78 is 20.7. The number of pyridine rings is 1. The maximum atomic E-state index is 13.1. The number of ether oxygens (including phenoxy) is 1. The predicted molar refractivity (Wildman–Crippen MR) is 105 cm³/mol. The van der Waals surface area contributed by atoms with Crippen LogP contribution in [0.2, 0.25) is 0 Å². The molecule has 3 aromatic heterocycles. The lowest BCUT2D eigenvalue weighted by molar-refractivity contribution is 0.438.